The summed E-state index contributed by atoms with van der Waals surface area (Å²) in [6, 6.07) is 15.5. The van der Waals surface area contributed by atoms with Gasteiger partial charge in [-0.3, -0.25) is 24.8 Å². The number of anilines is 5. The standard InChI is InChI=1S/C49H57BrF2N9O4P/c1-4-32-27-41(56-49-53-29-36(50)47(58-49)55-40-11-10-39-34(8-7-30(2)54-39)46(40)66(64)23-5-6-24-66)43(65-3)28-42(32)61-17-14-33(15-18-61)60-21-19-59(20-22-60)16-13-31-25-37(51)45(38(52)26-31)35-9-12-44(62)57-48(35)63/h7-8,10-11,25-29,33,35,64H,4-6,9,12-24H2,1-3H3,(H2-,53,55,56,57,58,62,63)/p+1. The van der Waals surface area contributed by atoms with E-state index in [2.05, 4.69) is 76.7 Å². The van der Waals surface area contributed by atoms with E-state index in [0.29, 0.717) is 46.6 Å². The zero-order valence-electron chi connectivity index (χ0n) is 37.8. The number of halogens is 3. The van der Waals surface area contributed by atoms with E-state index in [1.165, 1.54) is 23.4 Å². The van der Waals surface area contributed by atoms with E-state index in [0.717, 1.165) is 117 Å². The lowest BCUT2D eigenvalue weighted by molar-refractivity contribution is -0.134. The molecule has 348 valence electrons. The molecule has 4 N–H and O–H groups in total. The number of aryl methyl sites for hydroxylation is 2. The van der Waals surface area contributed by atoms with E-state index in [9.17, 15) is 14.5 Å². The zero-order valence-corrected chi connectivity index (χ0v) is 40.3. The molecule has 2 amide bonds. The molecule has 0 bridgehead atoms. The summed E-state index contributed by atoms with van der Waals surface area (Å²) < 4.78 is 36.9. The van der Waals surface area contributed by atoms with Crippen molar-refractivity contribution in [3.63, 3.8) is 0 Å². The smallest absolute Gasteiger partial charge is 0.234 e. The molecule has 66 heavy (non-hydrogen) atoms. The van der Waals surface area contributed by atoms with Gasteiger partial charge in [-0.05, 0) is 121 Å². The SMILES string of the molecule is CCc1cc(Nc2ncc(Br)c(Nc3ccc4nc(C)ccc4c3[P+]3(O)CCCC3)n2)c(OC)cc1N1CCC(N2CCN(CCc3cc(F)c(C4CCC(=O)NC4=O)c(F)c3)CC2)CC1. The summed E-state index contributed by atoms with van der Waals surface area (Å²) in [6.45, 7) is 10.3. The van der Waals surface area contributed by atoms with Gasteiger partial charge >= 0.3 is 0 Å². The second kappa shape index (κ2) is 19.8. The third-order valence-electron chi connectivity index (χ3n) is 13.9. The lowest BCUT2D eigenvalue weighted by Gasteiger charge is -2.43. The predicted octanol–water partition coefficient (Wildman–Crippen LogP) is 8.13. The summed E-state index contributed by atoms with van der Waals surface area (Å²) in [5, 5.41) is 11.1. The highest BCUT2D eigenvalue weighted by Crippen LogP contribution is 2.61. The van der Waals surface area contributed by atoms with Gasteiger partial charge in [0.25, 0.3) is 0 Å². The van der Waals surface area contributed by atoms with Crippen LogP contribution in [0.3, 0.4) is 0 Å². The van der Waals surface area contributed by atoms with Crippen molar-refractivity contribution in [1.82, 2.24) is 30.1 Å². The van der Waals surface area contributed by atoms with Gasteiger partial charge in [-0.2, -0.15) is 4.98 Å². The van der Waals surface area contributed by atoms with Crippen LogP contribution in [-0.4, -0.2) is 113 Å². The lowest BCUT2D eigenvalue weighted by Crippen LogP contribution is -2.53. The van der Waals surface area contributed by atoms with Gasteiger partial charge in [0.2, 0.25) is 17.8 Å². The second-order valence-corrected chi connectivity index (χ2v) is 22.1. The van der Waals surface area contributed by atoms with Crippen molar-refractivity contribution >= 4 is 80.3 Å². The fourth-order valence-corrected chi connectivity index (χ4v) is 14.0. The van der Waals surface area contributed by atoms with Crippen LogP contribution in [0.4, 0.5) is 37.6 Å². The van der Waals surface area contributed by atoms with Crippen molar-refractivity contribution in [2.24, 2.45) is 0 Å². The Balaban J connectivity index is 0.813. The number of ether oxygens (including phenoxy) is 1. The fourth-order valence-electron chi connectivity index (χ4n) is 10.3. The third kappa shape index (κ3) is 9.76. The third-order valence-corrected chi connectivity index (χ3v) is 17.9. The van der Waals surface area contributed by atoms with Crippen LogP contribution < -0.4 is 30.9 Å². The normalized spacial score (nSPS) is 19.6. The number of carbonyl (C=O) groups excluding carboxylic acids is 2. The number of methoxy groups -OCH3 is 1. The van der Waals surface area contributed by atoms with Crippen molar-refractivity contribution in [2.45, 2.75) is 77.2 Å². The summed E-state index contributed by atoms with van der Waals surface area (Å²) in [5.41, 5.74) is 6.11. The Morgan fingerprint density at radius 2 is 1.67 bits per heavy atom. The molecule has 1 atom stereocenters. The molecule has 0 saturated carbocycles. The molecule has 4 aliphatic rings. The van der Waals surface area contributed by atoms with Crippen LogP contribution in [0.5, 0.6) is 5.75 Å². The summed E-state index contributed by atoms with van der Waals surface area (Å²) >= 11 is 3.67. The summed E-state index contributed by atoms with van der Waals surface area (Å²) in [7, 11) is -0.710. The first-order valence-electron chi connectivity index (χ1n) is 23.2. The maximum Gasteiger partial charge on any atom is 0.234 e. The number of amides is 2. The average molecular weight is 986 g/mol. The average Bonchev–Trinajstić information content (AvgIpc) is 3.76. The molecule has 13 nitrogen and oxygen atoms in total. The molecule has 4 aliphatic heterocycles. The highest BCUT2D eigenvalue weighted by molar-refractivity contribution is 9.10. The molecule has 0 aliphatic carbocycles. The first kappa shape index (κ1) is 46.3. The van der Waals surface area contributed by atoms with E-state index < -0.39 is 36.9 Å². The first-order valence-corrected chi connectivity index (χ1v) is 26.1. The Kier molecular flexibility index (Phi) is 13.9. The zero-order chi connectivity index (χ0) is 46.1. The van der Waals surface area contributed by atoms with Gasteiger partial charge in [-0.15, -0.1) is 0 Å². The van der Waals surface area contributed by atoms with Crippen molar-refractivity contribution in [2.75, 3.05) is 80.8 Å². The summed E-state index contributed by atoms with van der Waals surface area (Å²) in [5.74, 6) is -1.82. The van der Waals surface area contributed by atoms with E-state index in [-0.39, 0.29) is 18.4 Å². The minimum Gasteiger partial charge on any atom is -0.494 e. The Bertz CT molecular complexity index is 2610. The van der Waals surface area contributed by atoms with Gasteiger partial charge in [0, 0.05) is 92.9 Å². The fraction of sp³-hybridized carbons (Fsp3) is 0.449. The van der Waals surface area contributed by atoms with Crippen molar-refractivity contribution < 1.29 is 28.0 Å². The number of piperidine rings is 2. The summed E-state index contributed by atoms with van der Waals surface area (Å²) in [4.78, 5) is 57.6. The topological polar surface area (TPSA) is 148 Å². The molecule has 9 rings (SSSR count). The first-order chi connectivity index (χ1) is 31.9. The number of hydrogen-bond donors (Lipinski definition) is 4. The molecule has 0 spiro atoms. The maximum absolute atomic E-state index is 15.1. The van der Waals surface area contributed by atoms with Gasteiger partial charge in [-0.25, -0.2) is 18.7 Å². The number of imide groups is 1. The molecular weight excluding hydrogens is 927 g/mol. The van der Waals surface area contributed by atoms with Crippen molar-refractivity contribution in [1.29, 1.82) is 0 Å². The molecule has 5 aromatic rings. The number of pyridine rings is 1. The molecule has 4 saturated heterocycles. The summed E-state index contributed by atoms with van der Waals surface area (Å²) in [6.07, 6.45) is 8.94. The monoisotopic (exact) mass is 984 g/mol. The lowest BCUT2D eigenvalue weighted by atomic mass is 9.89. The number of nitrogens with zero attached hydrogens (tertiary/aromatic N) is 6. The van der Waals surface area contributed by atoms with Gasteiger partial charge in [0.05, 0.1) is 46.7 Å². The quantitative estimate of drug-likeness (QED) is 0.0668. The van der Waals surface area contributed by atoms with E-state index in [1.807, 2.05) is 25.1 Å². The van der Waals surface area contributed by atoms with Crippen LogP contribution >= 0.6 is 23.4 Å². The molecule has 6 heterocycles. The number of fused-ring (bicyclic) bond motifs is 1. The minimum absolute atomic E-state index is 0.0666. The second-order valence-electron chi connectivity index (χ2n) is 18.1. The molecule has 17 heteroatoms. The molecule has 2 aromatic heterocycles. The number of hydrogen-bond acceptors (Lipinski definition) is 12. The molecule has 4 fully saturated rings. The van der Waals surface area contributed by atoms with Crippen LogP contribution in [-0.2, 0) is 22.4 Å². The maximum atomic E-state index is 15.1. The Morgan fingerprint density at radius 1 is 0.924 bits per heavy atom. The van der Waals surface area contributed by atoms with E-state index >= 15 is 8.78 Å². The molecular formula is C49H58BrF2N9O4P+. The van der Waals surface area contributed by atoms with E-state index in [1.54, 1.807) is 13.3 Å². The van der Waals surface area contributed by atoms with Gasteiger partial charge in [0.1, 0.15) is 17.4 Å². The number of rotatable bonds is 13. The number of nitrogens with one attached hydrogen (secondary N) is 3. The minimum atomic E-state index is -2.39. The molecule has 3 aromatic carbocycles. The predicted molar refractivity (Wildman–Crippen MR) is 261 cm³/mol. The Hall–Kier alpha value is -4.86. The largest absolute Gasteiger partial charge is 0.494 e. The van der Waals surface area contributed by atoms with Crippen molar-refractivity contribution in [3.8, 4) is 5.75 Å². The highest BCUT2D eigenvalue weighted by atomic mass is 79.9. The number of piperazine rings is 1. The van der Waals surface area contributed by atoms with Gasteiger partial charge in [-0.1, -0.05) is 6.92 Å². The number of carbonyl (C=O) groups is 2. The number of benzene rings is 3. The van der Waals surface area contributed by atoms with Crippen LogP contribution in [0.25, 0.3) is 10.9 Å². The number of aromatic nitrogens is 3. The molecule has 1 unspecified atom stereocenters. The Labute approximate surface area is 393 Å². The van der Waals surface area contributed by atoms with Gasteiger partial charge in [0.15, 0.2) is 18.6 Å². The molecule has 0 radical (unpaired) electrons. The van der Waals surface area contributed by atoms with Crippen LogP contribution in [0.15, 0.2) is 59.2 Å². The van der Waals surface area contributed by atoms with Gasteiger partial charge < -0.3 is 25.2 Å². The highest BCUT2D eigenvalue weighted by Gasteiger charge is 2.45. The van der Waals surface area contributed by atoms with Crippen LogP contribution in [0, 0.1) is 18.6 Å². The van der Waals surface area contributed by atoms with E-state index in [4.69, 9.17) is 14.7 Å². The van der Waals surface area contributed by atoms with Crippen LogP contribution in [0.1, 0.15) is 73.8 Å². The van der Waals surface area contributed by atoms with Crippen LogP contribution in [0.2, 0.25) is 0 Å². The van der Waals surface area contributed by atoms with Crippen molar-refractivity contribution in [3.05, 3.63) is 93.2 Å². The Morgan fingerprint density at radius 3 is 2.36 bits per heavy atom.